The van der Waals surface area contributed by atoms with Gasteiger partial charge < -0.3 is 15.0 Å². The summed E-state index contributed by atoms with van der Waals surface area (Å²) in [5.74, 6) is 0.133. The molecule has 1 N–H and O–H groups in total. The molecule has 19 heavy (non-hydrogen) atoms. The highest BCUT2D eigenvalue weighted by Gasteiger charge is 2.40. The van der Waals surface area contributed by atoms with Gasteiger partial charge in [-0.15, -0.1) is 0 Å². The Labute approximate surface area is 114 Å². The van der Waals surface area contributed by atoms with Crippen molar-refractivity contribution in [2.75, 3.05) is 19.7 Å². The number of hydrogen-bond donors (Lipinski definition) is 1. The number of ether oxygens (including phenoxy) is 1. The molecule has 2 aliphatic rings. The van der Waals surface area contributed by atoms with Gasteiger partial charge in [-0.25, -0.2) is 0 Å². The van der Waals surface area contributed by atoms with Gasteiger partial charge in [0, 0.05) is 6.61 Å². The first-order valence-corrected chi connectivity index (χ1v) is 7.17. The molecule has 2 heterocycles. The lowest BCUT2D eigenvalue weighted by Gasteiger charge is -2.38. The van der Waals surface area contributed by atoms with E-state index in [2.05, 4.69) is 5.32 Å². The van der Waals surface area contributed by atoms with Gasteiger partial charge in [-0.2, -0.15) is 0 Å². The molecular weight excluding hydrogens is 244 g/mol. The van der Waals surface area contributed by atoms with E-state index in [0.29, 0.717) is 6.54 Å². The zero-order valence-corrected chi connectivity index (χ0v) is 12.1. The minimum absolute atomic E-state index is 0.0330. The third kappa shape index (κ3) is 3.08. The van der Waals surface area contributed by atoms with Gasteiger partial charge in [0.1, 0.15) is 6.04 Å². The van der Waals surface area contributed by atoms with E-state index in [9.17, 15) is 9.59 Å². The predicted octanol–water partition coefficient (Wildman–Crippen LogP) is 0.929. The summed E-state index contributed by atoms with van der Waals surface area (Å²) in [6.45, 7) is 7.49. The average molecular weight is 268 g/mol. The summed E-state index contributed by atoms with van der Waals surface area (Å²) in [7, 11) is 0. The smallest absolute Gasteiger partial charge is 0.245 e. The summed E-state index contributed by atoms with van der Waals surface area (Å²) in [5, 5.41) is 2.81. The number of carbonyl (C=O) groups excluding carboxylic acids is 2. The van der Waals surface area contributed by atoms with Crippen LogP contribution in [0.3, 0.4) is 0 Å². The number of amides is 2. The summed E-state index contributed by atoms with van der Waals surface area (Å²) in [6.07, 6.45) is 2.85. The minimum atomic E-state index is -0.378. The summed E-state index contributed by atoms with van der Waals surface area (Å²) in [6, 6.07) is -0.378. The predicted molar refractivity (Wildman–Crippen MR) is 71.6 cm³/mol. The Hall–Kier alpha value is -1.10. The van der Waals surface area contributed by atoms with Gasteiger partial charge in [0.2, 0.25) is 11.8 Å². The van der Waals surface area contributed by atoms with Gasteiger partial charge >= 0.3 is 0 Å². The molecule has 2 amide bonds. The molecule has 0 aromatic heterocycles. The number of rotatable bonds is 4. The van der Waals surface area contributed by atoms with E-state index < -0.39 is 0 Å². The highest BCUT2D eigenvalue weighted by atomic mass is 16.5. The topological polar surface area (TPSA) is 58.6 Å². The third-order valence-corrected chi connectivity index (χ3v) is 4.27. The Morgan fingerprint density at radius 2 is 2.26 bits per heavy atom. The molecule has 5 heteroatoms. The molecule has 0 aromatic carbocycles. The van der Waals surface area contributed by atoms with Crippen molar-refractivity contribution in [1.29, 1.82) is 0 Å². The van der Waals surface area contributed by atoms with Gasteiger partial charge in [-0.05, 0) is 25.7 Å². The molecular formula is C14H24N2O3. The highest BCUT2D eigenvalue weighted by Crippen LogP contribution is 2.27. The van der Waals surface area contributed by atoms with Crippen molar-refractivity contribution in [2.24, 2.45) is 5.92 Å². The second kappa shape index (κ2) is 5.49. The fourth-order valence-corrected chi connectivity index (χ4v) is 2.85. The first kappa shape index (κ1) is 14.3. The van der Waals surface area contributed by atoms with E-state index in [1.807, 2.05) is 20.8 Å². The molecule has 2 saturated heterocycles. The normalized spacial score (nSPS) is 33.4. The molecule has 108 valence electrons. The fourth-order valence-electron chi connectivity index (χ4n) is 2.85. The molecule has 0 radical (unpaired) electrons. The maximum atomic E-state index is 12.5. The van der Waals surface area contributed by atoms with Crippen molar-refractivity contribution in [3.8, 4) is 0 Å². The van der Waals surface area contributed by atoms with Crippen molar-refractivity contribution >= 4 is 11.8 Å². The monoisotopic (exact) mass is 268 g/mol. The average Bonchev–Trinajstić information content (AvgIpc) is 2.79. The molecule has 2 fully saturated rings. The van der Waals surface area contributed by atoms with E-state index in [4.69, 9.17) is 4.74 Å². The van der Waals surface area contributed by atoms with E-state index in [1.54, 1.807) is 4.90 Å². The van der Waals surface area contributed by atoms with Crippen molar-refractivity contribution in [3.63, 3.8) is 0 Å². The summed E-state index contributed by atoms with van der Waals surface area (Å²) >= 11 is 0. The Morgan fingerprint density at radius 3 is 2.84 bits per heavy atom. The van der Waals surface area contributed by atoms with Crippen molar-refractivity contribution in [2.45, 2.75) is 51.7 Å². The second-order valence-electron chi connectivity index (χ2n) is 6.03. The van der Waals surface area contributed by atoms with Crippen LogP contribution in [-0.4, -0.2) is 48.1 Å². The standard InChI is InChI=1S/C14H24N2O3/c1-4-10(2)12-13(18)16(8-11(17)15-12)9-14(3)6-5-7-19-14/h10,12H,4-9H2,1-3H3,(H,15,17). The van der Waals surface area contributed by atoms with Crippen LogP contribution < -0.4 is 5.32 Å². The zero-order valence-electron chi connectivity index (χ0n) is 12.1. The Bertz CT molecular complexity index is 364. The molecule has 2 rings (SSSR count). The zero-order chi connectivity index (χ0) is 14.0. The Kier molecular flexibility index (Phi) is 4.13. The van der Waals surface area contributed by atoms with Crippen molar-refractivity contribution in [1.82, 2.24) is 10.2 Å². The van der Waals surface area contributed by atoms with Crippen LogP contribution in [0.25, 0.3) is 0 Å². The maximum Gasteiger partial charge on any atom is 0.245 e. The number of nitrogens with one attached hydrogen (secondary N) is 1. The molecule has 3 atom stereocenters. The van der Waals surface area contributed by atoms with Crippen LogP contribution >= 0.6 is 0 Å². The summed E-state index contributed by atoms with van der Waals surface area (Å²) < 4.78 is 5.72. The van der Waals surface area contributed by atoms with Crippen molar-refractivity contribution < 1.29 is 14.3 Å². The minimum Gasteiger partial charge on any atom is -0.373 e. The van der Waals surface area contributed by atoms with Gasteiger partial charge in [0.05, 0.1) is 18.7 Å². The number of nitrogens with zero attached hydrogens (tertiary/aromatic N) is 1. The number of piperazine rings is 1. The Morgan fingerprint density at radius 1 is 1.53 bits per heavy atom. The summed E-state index contributed by atoms with van der Waals surface area (Å²) in [4.78, 5) is 25.9. The van der Waals surface area contributed by atoms with E-state index in [0.717, 1.165) is 25.9 Å². The van der Waals surface area contributed by atoms with Crippen LogP contribution in [0.5, 0.6) is 0 Å². The lowest BCUT2D eigenvalue weighted by Crippen LogP contribution is -2.62. The molecule has 2 aliphatic heterocycles. The van der Waals surface area contributed by atoms with Crippen LogP contribution in [0.4, 0.5) is 0 Å². The van der Waals surface area contributed by atoms with Gasteiger partial charge in [0.15, 0.2) is 0 Å². The quantitative estimate of drug-likeness (QED) is 0.825. The third-order valence-electron chi connectivity index (χ3n) is 4.27. The molecule has 0 aliphatic carbocycles. The largest absolute Gasteiger partial charge is 0.373 e. The van der Waals surface area contributed by atoms with E-state index in [-0.39, 0.29) is 35.9 Å². The fraction of sp³-hybridized carbons (Fsp3) is 0.857. The van der Waals surface area contributed by atoms with E-state index >= 15 is 0 Å². The Balaban J connectivity index is 2.06. The highest BCUT2D eigenvalue weighted by molar-refractivity contribution is 5.95. The van der Waals surface area contributed by atoms with Crippen LogP contribution in [-0.2, 0) is 14.3 Å². The van der Waals surface area contributed by atoms with Crippen molar-refractivity contribution in [3.05, 3.63) is 0 Å². The second-order valence-corrected chi connectivity index (χ2v) is 6.03. The number of carbonyl (C=O) groups is 2. The molecule has 5 nitrogen and oxygen atoms in total. The SMILES string of the molecule is CCC(C)C1NC(=O)CN(CC2(C)CCCO2)C1=O. The molecule has 0 aromatic rings. The molecule has 0 saturated carbocycles. The van der Waals surface area contributed by atoms with Crippen LogP contribution in [0.1, 0.15) is 40.0 Å². The van der Waals surface area contributed by atoms with Gasteiger partial charge in [-0.1, -0.05) is 20.3 Å². The van der Waals surface area contributed by atoms with E-state index in [1.165, 1.54) is 0 Å². The number of hydrogen-bond acceptors (Lipinski definition) is 3. The van der Waals surface area contributed by atoms with Crippen LogP contribution in [0, 0.1) is 5.92 Å². The van der Waals surface area contributed by atoms with Gasteiger partial charge in [0.25, 0.3) is 0 Å². The van der Waals surface area contributed by atoms with Crippen LogP contribution in [0.15, 0.2) is 0 Å². The molecule has 0 bridgehead atoms. The first-order valence-electron chi connectivity index (χ1n) is 7.17. The summed E-state index contributed by atoms with van der Waals surface area (Å²) in [5.41, 5.74) is -0.284. The lowest BCUT2D eigenvalue weighted by molar-refractivity contribution is -0.149. The first-order chi connectivity index (χ1) is 8.95. The van der Waals surface area contributed by atoms with Gasteiger partial charge in [-0.3, -0.25) is 9.59 Å². The molecule has 3 unspecified atom stereocenters. The lowest BCUT2D eigenvalue weighted by atomic mass is 9.94. The van der Waals surface area contributed by atoms with Crippen LogP contribution in [0.2, 0.25) is 0 Å². The maximum absolute atomic E-state index is 12.5. The molecule has 0 spiro atoms.